The van der Waals surface area contributed by atoms with Crippen LogP contribution in [0.25, 0.3) is 0 Å². The van der Waals surface area contributed by atoms with Gasteiger partial charge in [-0.05, 0) is 36.4 Å². The van der Waals surface area contributed by atoms with Gasteiger partial charge in [-0.25, -0.2) is 9.37 Å². The Morgan fingerprint density at radius 3 is 2.37 bits per heavy atom. The number of aromatic nitrogens is 1. The van der Waals surface area contributed by atoms with E-state index in [-0.39, 0.29) is 5.82 Å². The Hall–Kier alpha value is -1.94. The summed E-state index contributed by atoms with van der Waals surface area (Å²) >= 11 is 0. The summed E-state index contributed by atoms with van der Waals surface area (Å²) in [6.45, 7) is 1.52. The molecule has 1 aromatic heterocycles. The van der Waals surface area contributed by atoms with Crippen LogP contribution in [0.2, 0.25) is 0 Å². The zero-order chi connectivity index (χ0) is 13.7. The molecule has 1 heterocycles. The predicted molar refractivity (Wildman–Crippen MR) is 75.5 cm³/mol. The van der Waals surface area contributed by atoms with Gasteiger partial charge in [0, 0.05) is 26.3 Å². The lowest BCUT2D eigenvalue weighted by atomic mass is 10.2. The van der Waals surface area contributed by atoms with Crippen molar-refractivity contribution >= 4 is 5.82 Å². The SMILES string of the molecule is CNCc1ccc(N(C)Cc2ccc(F)cc2)nc1. The zero-order valence-electron chi connectivity index (χ0n) is 11.2. The Balaban J connectivity index is 2.02. The van der Waals surface area contributed by atoms with Crippen molar-refractivity contribution in [2.45, 2.75) is 13.1 Å². The number of nitrogens with one attached hydrogen (secondary N) is 1. The number of pyridine rings is 1. The van der Waals surface area contributed by atoms with Crippen molar-refractivity contribution < 1.29 is 4.39 Å². The largest absolute Gasteiger partial charge is 0.355 e. The van der Waals surface area contributed by atoms with Gasteiger partial charge >= 0.3 is 0 Å². The molecule has 0 spiro atoms. The van der Waals surface area contributed by atoms with E-state index in [9.17, 15) is 4.39 Å². The van der Waals surface area contributed by atoms with Crippen LogP contribution in [-0.2, 0) is 13.1 Å². The summed E-state index contributed by atoms with van der Waals surface area (Å²) in [7, 11) is 3.89. The number of anilines is 1. The summed E-state index contributed by atoms with van der Waals surface area (Å²) < 4.78 is 12.8. The zero-order valence-corrected chi connectivity index (χ0v) is 11.2. The van der Waals surface area contributed by atoms with Crippen LogP contribution < -0.4 is 10.2 Å². The van der Waals surface area contributed by atoms with Crippen molar-refractivity contribution in [2.24, 2.45) is 0 Å². The molecule has 0 amide bonds. The Labute approximate surface area is 113 Å². The van der Waals surface area contributed by atoms with Gasteiger partial charge in [0.1, 0.15) is 11.6 Å². The highest BCUT2D eigenvalue weighted by atomic mass is 19.1. The van der Waals surface area contributed by atoms with Gasteiger partial charge in [0.15, 0.2) is 0 Å². The van der Waals surface area contributed by atoms with Crippen molar-refractivity contribution in [1.29, 1.82) is 0 Å². The van der Waals surface area contributed by atoms with E-state index in [2.05, 4.69) is 16.4 Å². The molecular formula is C15H18FN3. The Bertz CT molecular complexity index is 508. The molecule has 0 aliphatic carbocycles. The number of benzene rings is 1. The summed E-state index contributed by atoms with van der Waals surface area (Å²) in [5.74, 6) is 0.699. The Morgan fingerprint density at radius 1 is 1.11 bits per heavy atom. The van der Waals surface area contributed by atoms with E-state index in [1.54, 1.807) is 12.1 Å². The first-order chi connectivity index (χ1) is 9.19. The minimum atomic E-state index is -0.207. The number of halogens is 1. The van der Waals surface area contributed by atoms with Crippen LogP contribution >= 0.6 is 0 Å². The van der Waals surface area contributed by atoms with Crippen LogP contribution in [0, 0.1) is 5.82 Å². The summed E-state index contributed by atoms with van der Waals surface area (Å²) in [5, 5.41) is 3.09. The monoisotopic (exact) mass is 259 g/mol. The average Bonchev–Trinajstić information content (AvgIpc) is 2.42. The van der Waals surface area contributed by atoms with E-state index < -0.39 is 0 Å². The average molecular weight is 259 g/mol. The Kier molecular flexibility index (Phi) is 4.47. The summed E-state index contributed by atoms with van der Waals surface area (Å²) in [5.41, 5.74) is 2.21. The molecule has 2 aromatic rings. The lowest BCUT2D eigenvalue weighted by Crippen LogP contribution is -2.17. The molecule has 0 saturated carbocycles. The number of hydrogen-bond acceptors (Lipinski definition) is 3. The van der Waals surface area contributed by atoms with Gasteiger partial charge in [0.25, 0.3) is 0 Å². The normalized spacial score (nSPS) is 10.5. The summed E-state index contributed by atoms with van der Waals surface area (Å²) in [6.07, 6.45) is 1.87. The molecule has 0 aliphatic rings. The number of nitrogens with zero attached hydrogens (tertiary/aromatic N) is 2. The van der Waals surface area contributed by atoms with Gasteiger partial charge in [-0.2, -0.15) is 0 Å². The number of hydrogen-bond donors (Lipinski definition) is 1. The summed E-state index contributed by atoms with van der Waals surface area (Å²) in [6, 6.07) is 10.6. The second-order valence-corrected chi connectivity index (χ2v) is 4.54. The molecule has 1 aromatic carbocycles. The van der Waals surface area contributed by atoms with Gasteiger partial charge in [0.05, 0.1) is 0 Å². The third-order valence-corrected chi connectivity index (χ3v) is 2.91. The van der Waals surface area contributed by atoms with Gasteiger partial charge in [-0.3, -0.25) is 0 Å². The maximum absolute atomic E-state index is 12.8. The van der Waals surface area contributed by atoms with E-state index in [1.807, 2.05) is 31.3 Å². The van der Waals surface area contributed by atoms with Crippen molar-refractivity contribution in [2.75, 3.05) is 19.0 Å². The number of rotatable bonds is 5. The second kappa shape index (κ2) is 6.29. The highest BCUT2D eigenvalue weighted by Gasteiger charge is 2.04. The molecule has 0 fully saturated rings. The molecule has 0 atom stereocenters. The Morgan fingerprint density at radius 2 is 1.79 bits per heavy atom. The van der Waals surface area contributed by atoms with Crippen molar-refractivity contribution in [3.63, 3.8) is 0 Å². The van der Waals surface area contributed by atoms with Crippen LogP contribution in [0.15, 0.2) is 42.6 Å². The maximum Gasteiger partial charge on any atom is 0.128 e. The molecule has 4 heteroatoms. The van der Waals surface area contributed by atoms with Gasteiger partial charge in [0.2, 0.25) is 0 Å². The lowest BCUT2D eigenvalue weighted by molar-refractivity contribution is 0.627. The maximum atomic E-state index is 12.8. The fourth-order valence-corrected chi connectivity index (χ4v) is 1.90. The van der Waals surface area contributed by atoms with E-state index in [1.165, 1.54) is 12.1 Å². The molecule has 0 aliphatic heterocycles. The van der Waals surface area contributed by atoms with Crippen LogP contribution in [0.3, 0.4) is 0 Å². The molecule has 0 saturated heterocycles. The highest BCUT2D eigenvalue weighted by Crippen LogP contribution is 2.13. The topological polar surface area (TPSA) is 28.2 Å². The standard InChI is InChI=1S/C15H18FN3/c1-17-9-13-5-8-15(18-10-13)19(2)11-12-3-6-14(16)7-4-12/h3-8,10,17H,9,11H2,1-2H3. The lowest BCUT2D eigenvalue weighted by Gasteiger charge is -2.18. The minimum absolute atomic E-state index is 0.207. The highest BCUT2D eigenvalue weighted by molar-refractivity contribution is 5.39. The van der Waals surface area contributed by atoms with Crippen LogP contribution in [0.5, 0.6) is 0 Å². The molecule has 19 heavy (non-hydrogen) atoms. The quantitative estimate of drug-likeness (QED) is 0.894. The smallest absolute Gasteiger partial charge is 0.128 e. The predicted octanol–water partition coefficient (Wildman–Crippen LogP) is 2.58. The molecule has 0 unspecified atom stereocenters. The molecule has 100 valence electrons. The van der Waals surface area contributed by atoms with Gasteiger partial charge in [-0.1, -0.05) is 18.2 Å². The first-order valence-electron chi connectivity index (χ1n) is 6.24. The van der Waals surface area contributed by atoms with Crippen molar-refractivity contribution in [3.8, 4) is 0 Å². The molecule has 2 rings (SSSR count). The van der Waals surface area contributed by atoms with E-state index in [0.29, 0.717) is 6.54 Å². The second-order valence-electron chi connectivity index (χ2n) is 4.54. The fourth-order valence-electron chi connectivity index (χ4n) is 1.90. The minimum Gasteiger partial charge on any atom is -0.355 e. The van der Waals surface area contributed by atoms with E-state index in [0.717, 1.165) is 23.5 Å². The van der Waals surface area contributed by atoms with Crippen LogP contribution in [0.4, 0.5) is 10.2 Å². The van der Waals surface area contributed by atoms with Crippen molar-refractivity contribution in [1.82, 2.24) is 10.3 Å². The molecule has 0 bridgehead atoms. The first-order valence-corrected chi connectivity index (χ1v) is 6.24. The molecular weight excluding hydrogens is 241 g/mol. The fraction of sp³-hybridized carbons (Fsp3) is 0.267. The van der Waals surface area contributed by atoms with E-state index in [4.69, 9.17) is 0 Å². The molecule has 1 N–H and O–H groups in total. The van der Waals surface area contributed by atoms with E-state index >= 15 is 0 Å². The first kappa shape index (κ1) is 13.5. The van der Waals surface area contributed by atoms with Crippen LogP contribution in [0.1, 0.15) is 11.1 Å². The van der Waals surface area contributed by atoms with Crippen molar-refractivity contribution in [3.05, 3.63) is 59.5 Å². The van der Waals surface area contributed by atoms with Gasteiger partial charge in [-0.15, -0.1) is 0 Å². The van der Waals surface area contributed by atoms with Gasteiger partial charge < -0.3 is 10.2 Å². The third-order valence-electron chi connectivity index (χ3n) is 2.91. The third kappa shape index (κ3) is 3.76. The van der Waals surface area contributed by atoms with Crippen LogP contribution in [-0.4, -0.2) is 19.1 Å². The molecule has 0 radical (unpaired) electrons. The molecule has 3 nitrogen and oxygen atoms in total. The summed E-state index contributed by atoms with van der Waals surface area (Å²) in [4.78, 5) is 6.46.